The van der Waals surface area contributed by atoms with Gasteiger partial charge in [-0.1, -0.05) is 11.8 Å². The van der Waals surface area contributed by atoms with Gasteiger partial charge in [0.15, 0.2) is 5.16 Å². The van der Waals surface area contributed by atoms with E-state index in [9.17, 15) is 4.79 Å². The van der Waals surface area contributed by atoms with Gasteiger partial charge in [-0.25, -0.2) is 4.98 Å². The molecule has 0 atom stereocenters. The first-order valence-electron chi connectivity index (χ1n) is 10.9. The number of hydrogen-bond donors (Lipinski definition) is 0. The number of rotatable bonds is 6. The molecule has 2 aliphatic rings. The molecule has 8 heteroatoms. The second-order valence-electron chi connectivity index (χ2n) is 7.93. The van der Waals surface area contributed by atoms with Crippen molar-refractivity contribution in [2.75, 3.05) is 45.7 Å². The monoisotopic (exact) mass is 457 g/mol. The van der Waals surface area contributed by atoms with E-state index in [0.29, 0.717) is 0 Å². The molecule has 1 saturated heterocycles. The molecule has 31 heavy (non-hydrogen) atoms. The Bertz CT molecular complexity index is 1120. The molecule has 0 amide bonds. The van der Waals surface area contributed by atoms with E-state index in [1.807, 2.05) is 24.3 Å². The van der Waals surface area contributed by atoms with Crippen LogP contribution in [0.4, 0.5) is 0 Å². The Balaban J connectivity index is 1.53. The van der Waals surface area contributed by atoms with E-state index in [0.717, 1.165) is 84.7 Å². The summed E-state index contributed by atoms with van der Waals surface area (Å²) in [7, 11) is 1.65. The van der Waals surface area contributed by atoms with Gasteiger partial charge in [0, 0.05) is 30.3 Å². The lowest BCUT2D eigenvalue weighted by Gasteiger charge is -2.26. The molecule has 0 radical (unpaired) electrons. The SMILES string of the molecule is COc1ccc(-n2c(SCCN3CCOCC3)nc3sc4c(c3c2=O)CCCC4)cc1. The van der Waals surface area contributed by atoms with Crippen molar-refractivity contribution in [2.45, 2.75) is 30.8 Å². The minimum Gasteiger partial charge on any atom is -0.497 e. The highest BCUT2D eigenvalue weighted by atomic mass is 32.2. The molecule has 6 nitrogen and oxygen atoms in total. The molecule has 164 valence electrons. The van der Waals surface area contributed by atoms with Crippen LogP contribution >= 0.6 is 23.1 Å². The van der Waals surface area contributed by atoms with Crippen LogP contribution in [0.25, 0.3) is 15.9 Å². The smallest absolute Gasteiger partial charge is 0.267 e. The Morgan fingerprint density at radius 2 is 1.94 bits per heavy atom. The van der Waals surface area contributed by atoms with Crippen LogP contribution in [0, 0.1) is 0 Å². The second-order valence-corrected chi connectivity index (χ2v) is 10.1. The lowest BCUT2D eigenvalue weighted by molar-refractivity contribution is 0.0410. The van der Waals surface area contributed by atoms with Crippen LogP contribution in [-0.2, 0) is 17.6 Å². The molecule has 1 aromatic carbocycles. The lowest BCUT2D eigenvalue weighted by atomic mass is 9.97. The normalized spacial score (nSPS) is 17.1. The predicted octanol–water partition coefficient (Wildman–Crippen LogP) is 3.76. The largest absolute Gasteiger partial charge is 0.497 e. The van der Waals surface area contributed by atoms with Crippen LogP contribution in [0.15, 0.2) is 34.2 Å². The van der Waals surface area contributed by atoms with Crippen molar-refractivity contribution < 1.29 is 9.47 Å². The van der Waals surface area contributed by atoms with Crippen molar-refractivity contribution in [2.24, 2.45) is 0 Å². The highest BCUT2D eigenvalue weighted by Gasteiger charge is 2.23. The van der Waals surface area contributed by atoms with Crippen LogP contribution < -0.4 is 10.3 Å². The van der Waals surface area contributed by atoms with Gasteiger partial charge in [-0.2, -0.15) is 0 Å². The third-order valence-corrected chi connectivity index (χ3v) is 8.14. The van der Waals surface area contributed by atoms with E-state index in [1.165, 1.54) is 16.9 Å². The Kier molecular flexibility index (Phi) is 6.31. The lowest BCUT2D eigenvalue weighted by Crippen LogP contribution is -2.37. The van der Waals surface area contributed by atoms with E-state index < -0.39 is 0 Å². The standard InChI is InChI=1S/C23H27N3O3S2/c1-28-17-8-6-16(7-9-17)26-22(27)20-18-4-2-3-5-19(18)31-21(20)24-23(26)30-15-12-25-10-13-29-14-11-25/h6-9H,2-5,10-15H2,1H3. The predicted molar refractivity (Wildman–Crippen MR) is 126 cm³/mol. The number of fused-ring (bicyclic) bond motifs is 3. The Labute approximate surface area is 190 Å². The Morgan fingerprint density at radius 1 is 1.16 bits per heavy atom. The number of aromatic nitrogens is 2. The first kappa shape index (κ1) is 21.0. The third-order valence-electron chi connectivity index (χ3n) is 6.03. The Morgan fingerprint density at radius 3 is 2.71 bits per heavy atom. The molecule has 1 aliphatic heterocycles. The van der Waals surface area contributed by atoms with Gasteiger partial charge >= 0.3 is 0 Å². The number of aryl methyl sites for hydroxylation is 2. The summed E-state index contributed by atoms with van der Waals surface area (Å²) >= 11 is 3.38. The third kappa shape index (κ3) is 4.26. The molecular weight excluding hydrogens is 430 g/mol. The van der Waals surface area contributed by atoms with Gasteiger partial charge in [0.2, 0.25) is 0 Å². The maximum atomic E-state index is 13.8. The van der Waals surface area contributed by atoms with Gasteiger partial charge in [-0.3, -0.25) is 14.3 Å². The van der Waals surface area contributed by atoms with Crippen molar-refractivity contribution >= 4 is 33.3 Å². The molecule has 3 aromatic rings. The fourth-order valence-corrected chi connectivity index (χ4v) is 6.65. The Hall–Kier alpha value is -1.87. The van der Waals surface area contributed by atoms with E-state index >= 15 is 0 Å². The summed E-state index contributed by atoms with van der Waals surface area (Å²) in [5.41, 5.74) is 2.13. The van der Waals surface area contributed by atoms with Gasteiger partial charge in [0.05, 0.1) is 31.4 Å². The number of ether oxygens (including phenoxy) is 2. The summed E-state index contributed by atoms with van der Waals surface area (Å²) in [4.78, 5) is 23.4. The van der Waals surface area contributed by atoms with Crippen LogP contribution in [0.3, 0.4) is 0 Å². The average Bonchev–Trinajstić information content (AvgIpc) is 3.19. The number of morpholine rings is 1. The molecule has 0 bridgehead atoms. The maximum Gasteiger partial charge on any atom is 0.267 e. The van der Waals surface area contributed by atoms with E-state index in [1.54, 1.807) is 34.8 Å². The molecule has 0 unspecified atom stereocenters. The highest BCUT2D eigenvalue weighted by molar-refractivity contribution is 7.99. The molecule has 0 saturated carbocycles. The second kappa shape index (κ2) is 9.32. The minimum absolute atomic E-state index is 0.0587. The molecule has 1 aliphatic carbocycles. The van der Waals surface area contributed by atoms with Crippen molar-refractivity contribution in [3.63, 3.8) is 0 Å². The van der Waals surface area contributed by atoms with Crippen LogP contribution in [0.2, 0.25) is 0 Å². The van der Waals surface area contributed by atoms with E-state index in [-0.39, 0.29) is 5.56 Å². The van der Waals surface area contributed by atoms with Gasteiger partial charge in [-0.15, -0.1) is 11.3 Å². The minimum atomic E-state index is 0.0587. The summed E-state index contributed by atoms with van der Waals surface area (Å²) in [5.74, 6) is 1.67. The van der Waals surface area contributed by atoms with Crippen LogP contribution in [0.1, 0.15) is 23.3 Å². The molecule has 1 fully saturated rings. The van der Waals surface area contributed by atoms with Crippen LogP contribution in [-0.4, -0.2) is 60.2 Å². The quantitative estimate of drug-likeness (QED) is 0.415. The zero-order chi connectivity index (χ0) is 21.2. The van der Waals surface area contributed by atoms with Crippen molar-refractivity contribution in [3.8, 4) is 11.4 Å². The van der Waals surface area contributed by atoms with Crippen molar-refractivity contribution in [3.05, 3.63) is 45.1 Å². The molecule has 0 N–H and O–H groups in total. The molecular formula is C23H27N3O3S2. The topological polar surface area (TPSA) is 56.6 Å². The molecule has 2 aromatic heterocycles. The summed E-state index contributed by atoms with van der Waals surface area (Å²) < 4.78 is 12.6. The summed E-state index contributed by atoms with van der Waals surface area (Å²) in [5, 5.41) is 1.60. The zero-order valence-corrected chi connectivity index (χ0v) is 19.4. The number of nitrogens with zero attached hydrogens (tertiary/aromatic N) is 3. The number of hydrogen-bond acceptors (Lipinski definition) is 7. The van der Waals surface area contributed by atoms with Gasteiger partial charge in [0.25, 0.3) is 5.56 Å². The summed E-state index contributed by atoms with van der Waals surface area (Å²) in [6.07, 6.45) is 4.40. The van der Waals surface area contributed by atoms with Crippen molar-refractivity contribution in [1.82, 2.24) is 14.5 Å². The fraction of sp³-hybridized carbons (Fsp3) is 0.478. The molecule has 3 heterocycles. The first-order valence-corrected chi connectivity index (χ1v) is 12.7. The maximum absolute atomic E-state index is 13.8. The van der Waals surface area contributed by atoms with E-state index in [4.69, 9.17) is 14.5 Å². The number of benzene rings is 1. The highest BCUT2D eigenvalue weighted by Crippen LogP contribution is 2.35. The number of methoxy groups -OCH3 is 1. The average molecular weight is 458 g/mol. The number of thioether (sulfide) groups is 1. The van der Waals surface area contributed by atoms with Gasteiger partial charge < -0.3 is 9.47 Å². The van der Waals surface area contributed by atoms with Crippen LogP contribution in [0.5, 0.6) is 5.75 Å². The van der Waals surface area contributed by atoms with Gasteiger partial charge in [-0.05, 0) is 55.5 Å². The number of thiophene rings is 1. The zero-order valence-electron chi connectivity index (χ0n) is 17.8. The molecule has 5 rings (SSSR count). The van der Waals surface area contributed by atoms with Gasteiger partial charge in [0.1, 0.15) is 10.6 Å². The summed E-state index contributed by atoms with van der Waals surface area (Å²) in [6.45, 7) is 4.50. The fourth-order valence-electron chi connectivity index (χ4n) is 4.33. The van der Waals surface area contributed by atoms with Crippen molar-refractivity contribution in [1.29, 1.82) is 0 Å². The van der Waals surface area contributed by atoms with E-state index in [2.05, 4.69) is 4.90 Å². The molecule has 0 spiro atoms. The summed E-state index contributed by atoms with van der Waals surface area (Å²) in [6, 6.07) is 7.69. The first-order chi connectivity index (χ1) is 15.2.